The second kappa shape index (κ2) is 5.46. The number of aromatic nitrogens is 2. The minimum Gasteiger partial charge on any atom is -0.393 e. The topological polar surface area (TPSA) is 41.3 Å². The Morgan fingerprint density at radius 3 is 3.19 bits per heavy atom. The maximum atomic E-state index is 9.48. The lowest BCUT2D eigenvalue weighted by atomic mass is 10.1. The molecule has 0 saturated carbocycles. The van der Waals surface area contributed by atoms with Crippen LogP contribution in [0.1, 0.15) is 32.0 Å². The van der Waals surface area contributed by atoms with Gasteiger partial charge in [0.1, 0.15) is 5.82 Å². The third-order valence-corrected chi connectivity index (χ3v) is 3.31. The Kier molecular flexibility index (Phi) is 3.96. The van der Waals surface area contributed by atoms with E-state index in [0.29, 0.717) is 0 Å². The van der Waals surface area contributed by atoms with Gasteiger partial charge in [0.05, 0.1) is 12.6 Å². The molecule has 90 valence electrons. The van der Waals surface area contributed by atoms with E-state index in [2.05, 4.69) is 14.5 Å². The summed E-state index contributed by atoms with van der Waals surface area (Å²) in [6.45, 7) is 6.21. The summed E-state index contributed by atoms with van der Waals surface area (Å²) in [6, 6.07) is 0. The summed E-state index contributed by atoms with van der Waals surface area (Å²) in [4.78, 5) is 6.76. The molecule has 0 spiro atoms. The molecule has 0 bridgehead atoms. The van der Waals surface area contributed by atoms with Crippen molar-refractivity contribution in [1.29, 1.82) is 0 Å². The first-order chi connectivity index (χ1) is 7.79. The fraction of sp³-hybridized carbons (Fsp3) is 0.750. The van der Waals surface area contributed by atoms with E-state index in [9.17, 15) is 5.11 Å². The van der Waals surface area contributed by atoms with Gasteiger partial charge in [-0.3, -0.25) is 4.90 Å². The molecular weight excluding hydrogens is 202 g/mol. The van der Waals surface area contributed by atoms with Gasteiger partial charge in [0.2, 0.25) is 0 Å². The molecule has 1 atom stereocenters. The summed E-state index contributed by atoms with van der Waals surface area (Å²) < 4.78 is 2.22. The van der Waals surface area contributed by atoms with Crippen molar-refractivity contribution in [3.05, 3.63) is 18.2 Å². The number of imidazole rings is 1. The lowest BCUT2D eigenvalue weighted by Gasteiger charge is -2.27. The average Bonchev–Trinajstić information content (AvgIpc) is 2.76. The molecule has 4 nitrogen and oxygen atoms in total. The summed E-state index contributed by atoms with van der Waals surface area (Å²) >= 11 is 0. The maximum absolute atomic E-state index is 9.48. The molecule has 2 heterocycles. The molecular formula is C12H21N3O. The third-order valence-electron chi connectivity index (χ3n) is 3.31. The van der Waals surface area contributed by atoms with Crippen LogP contribution >= 0.6 is 0 Å². The van der Waals surface area contributed by atoms with Crippen molar-refractivity contribution in [2.75, 3.05) is 13.1 Å². The van der Waals surface area contributed by atoms with E-state index < -0.39 is 0 Å². The maximum Gasteiger partial charge on any atom is 0.122 e. The summed E-state index contributed by atoms with van der Waals surface area (Å²) in [5.41, 5.74) is 0. The van der Waals surface area contributed by atoms with Gasteiger partial charge < -0.3 is 9.67 Å². The van der Waals surface area contributed by atoms with Crippen LogP contribution < -0.4 is 0 Å². The Morgan fingerprint density at radius 1 is 1.50 bits per heavy atom. The molecule has 1 aromatic rings. The monoisotopic (exact) mass is 223 g/mol. The summed E-state index contributed by atoms with van der Waals surface area (Å²) in [7, 11) is 0. The number of aliphatic hydroxyl groups excluding tert-OH is 1. The van der Waals surface area contributed by atoms with Crippen LogP contribution in [0, 0.1) is 0 Å². The van der Waals surface area contributed by atoms with Gasteiger partial charge in [0.15, 0.2) is 0 Å². The van der Waals surface area contributed by atoms with Gasteiger partial charge in [0, 0.05) is 25.5 Å². The number of hydrogen-bond donors (Lipinski definition) is 1. The Morgan fingerprint density at radius 2 is 2.38 bits per heavy atom. The molecule has 1 aliphatic rings. The van der Waals surface area contributed by atoms with Crippen LogP contribution in [0.5, 0.6) is 0 Å². The van der Waals surface area contributed by atoms with Crippen LogP contribution in [-0.4, -0.2) is 38.8 Å². The van der Waals surface area contributed by atoms with Gasteiger partial charge in [-0.25, -0.2) is 4.98 Å². The van der Waals surface area contributed by atoms with Crippen LogP contribution in [0.2, 0.25) is 0 Å². The minimum atomic E-state index is -0.119. The van der Waals surface area contributed by atoms with Crippen molar-refractivity contribution in [2.45, 2.75) is 45.4 Å². The van der Waals surface area contributed by atoms with Crippen LogP contribution in [0.4, 0.5) is 0 Å². The predicted molar refractivity (Wildman–Crippen MR) is 63.0 cm³/mol. The van der Waals surface area contributed by atoms with Gasteiger partial charge in [-0.15, -0.1) is 0 Å². The molecule has 1 N–H and O–H groups in total. The van der Waals surface area contributed by atoms with Gasteiger partial charge in [0.25, 0.3) is 0 Å². The van der Waals surface area contributed by atoms with Crippen LogP contribution in [0.15, 0.2) is 12.4 Å². The summed E-state index contributed by atoms with van der Waals surface area (Å²) in [5, 5.41) is 9.48. The standard InChI is InChI=1S/C12H21N3O/c1-2-11(16)4-3-6-14-8-9-15-7-5-13-12(15)10-14/h5,7,11,16H,2-4,6,8-10H2,1H3. The quantitative estimate of drug-likeness (QED) is 0.817. The number of aliphatic hydroxyl groups is 1. The van der Waals surface area contributed by atoms with Gasteiger partial charge in [-0.2, -0.15) is 0 Å². The Labute approximate surface area is 96.9 Å². The van der Waals surface area contributed by atoms with E-state index in [1.54, 1.807) is 0 Å². The van der Waals surface area contributed by atoms with Crippen molar-refractivity contribution in [3.8, 4) is 0 Å². The third kappa shape index (κ3) is 2.83. The SMILES string of the molecule is CCC(O)CCCN1CCn2ccnc2C1. The number of fused-ring (bicyclic) bond motifs is 1. The zero-order valence-corrected chi connectivity index (χ0v) is 9.97. The smallest absolute Gasteiger partial charge is 0.122 e. The molecule has 0 saturated heterocycles. The second-order valence-electron chi connectivity index (χ2n) is 4.52. The highest BCUT2D eigenvalue weighted by atomic mass is 16.3. The zero-order chi connectivity index (χ0) is 11.4. The van der Waals surface area contributed by atoms with E-state index in [0.717, 1.165) is 45.4 Å². The average molecular weight is 223 g/mol. The van der Waals surface area contributed by atoms with Gasteiger partial charge in [-0.05, 0) is 25.8 Å². The number of hydrogen-bond acceptors (Lipinski definition) is 3. The van der Waals surface area contributed by atoms with Gasteiger partial charge >= 0.3 is 0 Å². The van der Waals surface area contributed by atoms with Crippen molar-refractivity contribution in [2.24, 2.45) is 0 Å². The molecule has 2 rings (SSSR count). The molecule has 1 aliphatic heterocycles. The molecule has 0 aromatic carbocycles. The predicted octanol–water partition coefficient (Wildman–Crippen LogP) is 1.25. The van der Waals surface area contributed by atoms with E-state index in [4.69, 9.17) is 0 Å². The number of nitrogens with zero attached hydrogens (tertiary/aromatic N) is 3. The lowest BCUT2D eigenvalue weighted by molar-refractivity contribution is 0.143. The highest BCUT2D eigenvalue weighted by Gasteiger charge is 2.15. The lowest BCUT2D eigenvalue weighted by Crippen LogP contribution is -2.34. The summed E-state index contributed by atoms with van der Waals surface area (Å²) in [6.07, 6.45) is 6.67. The molecule has 4 heteroatoms. The molecule has 1 aromatic heterocycles. The minimum absolute atomic E-state index is 0.119. The fourth-order valence-electron chi connectivity index (χ4n) is 2.17. The van der Waals surface area contributed by atoms with E-state index in [-0.39, 0.29) is 6.10 Å². The van der Waals surface area contributed by atoms with Crippen molar-refractivity contribution in [1.82, 2.24) is 14.5 Å². The highest BCUT2D eigenvalue weighted by Crippen LogP contribution is 2.11. The molecule has 0 amide bonds. The first-order valence-electron chi connectivity index (χ1n) is 6.20. The first kappa shape index (κ1) is 11.6. The van der Waals surface area contributed by atoms with Gasteiger partial charge in [-0.1, -0.05) is 6.92 Å². The van der Waals surface area contributed by atoms with Crippen LogP contribution in [-0.2, 0) is 13.1 Å². The van der Waals surface area contributed by atoms with E-state index >= 15 is 0 Å². The first-order valence-corrected chi connectivity index (χ1v) is 6.20. The Hall–Kier alpha value is -0.870. The second-order valence-corrected chi connectivity index (χ2v) is 4.52. The Balaban J connectivity index is 1.73. The highest BCUT2D eigenvalue weighted by molar-refractivity contribution is 4.95. The van der Waals surface area contributed by atoms with E-state index in [1.807, 2.05) is 19.3 Å². The number of rotatable bonds is 5. The summed E-state index contributed by atoms with van der Waals surface area (Å²) in [5.74, 6) is 1.17. The van der Waals surface area contributed by atoms with E-state index in [1.165, 1.54) is 5.82 Å². The van der Waals surface area contributed by atoms with Crippen molar-refractivity contribution in [3.63, 3.8) is 0 Å². The molecule has 0 radical (unpaired) electrons. The van der Waals surface area contributed by atoms with Crippen LogP contribution in [0.25, 0.3) is 0 Å². The molecule has 0 aliphatic carbocycles. The van der Waals surface area contributed by atoms with Crippen LogP contribution in [0.3, 0.4) is 0 Å². The normalized spacial score (nSPS) is 18.4. The van der Waals surface area contributed by atoms with Crippen molar-refractivity contribution < 1.29 is 5.11 Å². The Bertz CT molecular complexity index is 324. The molecule has 16 heavy (non-hydrogen) atoms. The molecule has 0 fully saturated rings. The molecule has 1 unspecified atom stereocenters. The largest absolute Gasteiger partial charge is 0.393 e. The zero-order valence-electron chi connectivity index (χ0n) is 9.97. The van der Waals surface area contributed by atoms with Crippen molar-refractivity contribution >= 4 is 0 Å². The fourth-order valence-corrected chi connectivity index (χ4v) is 2.17.